The molecule has 18 heavy (non-hydrogen) atoms. The molecule has 1 unspecified atom stereocenters. The molecule has 2 N–H and O–H groups in total. The molecule has 3 rings (SSSR count). The van der Waals surface area contributed by atoms with E-state index >= 15 is 0 Å². The van der Waals surface area contributed by atoms with E-state index in [1.165, 1.54) is 24.0 Å². The van der Waals surface area contributed by atoms with Gasteiger partial charge in [-0.05, 0) is 31.2 Å². The van der Waals surface area contributed by atoms with Crippen molar-refractivity contribution in [1.82, 2.24) is 10.6 Å². The number of aryl methyl sites for hydroxylation is 1. The lowest BCUT2D eigenvalue weighted by atomic mass is 9.75. The van der Waals surface area contributed by atoms with E-state index in [0.717, 1.165) is 6.54 Å². The predicted octanol–water partition coefficient (Wildman–Crippen LogP) is 1.72. The highest BCUT2D eigenvalue weighted by Crippen LogP contribution is 2.37. The van der Waals surface area contributed by atoms with Gasteiger partial charge < -0.3 is 10.6 Å². The summed E-state index contributed by atoms with van der Waals surface area (Å²) in [6.07, 6.45) is 3.05. The van der Waals surface area contributed by atoms with Crippen molar-refractivity contribution in [3.8, 4) is 0 Å². The summed E-state index contributed by atoms with van der Waals surface area (Å²) < 4.78 is 0. The van der Waals surface area contributed by atoms with E-state index in [1.807, 2.05) is 0 Å². The molecule has 1 aliphatic carbocycles. The number of nitrogens with one attached hydrogen (secondary N) is 2. The Bertz CT molecular complexity index is 434. The van der Waals surface area contributed by atoms with Gasteiger partial charge in [0.2, 0.25) is 5.91 Å². The van der Waals surface area contributed by atoms with E-state index in [-0.39, 0.29) is 5.91 Å². The Morgan fingerprint density at radius 1 is 1.17 bits per heavy atom. The van der Waals surface area contributed by atoms with Gasteiger partial charge in [0.1, 0.15) is 0 Å². The Hall–Kier alpha value is -1.35. The number of carbonyl (C=O) groups excluding carboxylic acids is 1. The van der Waals surface area contributed by atoms with Crippen LogP contribution in [0.5, 0.6) is 0 Å². The van der Waals surface area contributed by atoms with Gasteiger partial charge in [-0.25, -0.2) is 0 Å². The van der Waals surface area contributed by atoms with Crippen LogP contribution in [0, 0.1) is 6.92 Å². The minimum Gasteiger partial charge on any atom is -0.354 e. The van der Waals surface area contributed by atoms with Crippen molar-refractivity contribution in [1.29, 1.82) is 0 Å². The molecule has 1 atom stereocenters. The zero-order valence-electron chi connectivity index (χ0n) is 10.8. The molecule has 0 radical (unpaired) electrons. The van der Waals surface area contributed by atoms with Gasteiger partial charge >= 0.3 is 0 Å². The van der Waals surface area contributed by atoms with Crippen LogP contribution in [0.15, 0.2) is 24.3 Å². The lowest BCUT2D eigenvalue weighted by Crippen LogP contribution is -2.46. The van der Waals surface area contributed by atoms with E-state index in [2.05, 4.69) is 41.8 Å². The first-order chi connectivity index (χ1) is 8.70. The number of benzene rings is 1. The van der Waals surface area contributed by atoms with Gasteiger partial charge in [-0.15, -0.1) is 0 Å². The molecule has 1 amide bonds. The molecule has 0 spiro atoms. The maximum absolute atomic E-state index is 11.1. The summed E-state index contributed by atoms with van der Waals surface area (Å²) in [5.74, 6) is 0.884. The SMILES string of the molecule is Cc1ccc(C2CC(NC3CNC(=O)C3)C2)cc1. The fourth-order valence-electron chi connectivity index (χ4n) is 2.92. The van der Waals surface area contributed by atoms with Crippen molar-refractivity contribution in [3.63, 3.8) is 0 Å². The van der Waals surface area contributed by atoms with Crippen LogP contribution in [-0.4, -0.2) is 24.5 Å². The Labute approximate surface area is 108 Å². The molecule has 3 heteroatoms. The molecule has 1 heterocycles. The summed E-state index contributed by atoms with van der Waals surface area (Å²) in [5, 5.41) is 6.44. The van der Waals surface area contributed by atoms with Crippen molar-refractivity contribution >= 4 is 5.91 Å². The molecule has 1 aliphatic heterocycles. The summed E-state index contributed by atoms with van der Waals surface area (Å²) >= 11 is 0. The van der Waals surface area contributed by atoms with Crippen LogP contribution in [-0.2, 0) is 4.79 Å². The molecule has 96 valence electrons. The first-order valence-electron chi connectivity index (χ1n) is 6.80. The van der Waals surface area contributed by atoms with E-state index in [0.29, 0.717) is 24.4 Å². The van der Waals surface area contributed by atoms with E-state index in [9.17, 15) is 4.79 Å². The smallest absolute Gasteiger partial charge is 0.221 e. The van der Waals surface area contributed by atoms with Crippen molar-refractivity contribution < 1.29 is 4.79 Å². The third kappa shape index (κ3) is 2.41. The topological polar surface area (TPSA) is 41.1 Å². The fourth-order valence-corrected chi connectivity index (χ4v) is 2.92. The lowest BCUT2D eigenvalue weighted by Gasteiger charge is -2.38. The maximum Gasteiger partial charge on any atom is 0.221 e. The molecule has 0 bridgehead atoms. The largest absolute Gasteiger partial charge is 0.354 e. The van der Waals surface area contributed by atoms with Crippen LogP contribution in [0.25, 0.3) is 0 Å². The monoisotopic (exact) mass is 244 g/mol. The summed E-state index contributed by atoms with van der Waals surface area (Å²) in [6, 6.07) is 9.81. The predicted molar refractivity (Wildman–Crippen MR) is 71.5 cm³/mol. The highest BCUT2D eigenvalue weighted by atomic mass is 16.1. The number of hydrogen-bond donors (Lipinski definition) is 2. The molecule has 1 aromatic rings. The van der Waals surface area contributed by atoms with Crippen molar-refractivity contribution in [2.24, 2.45) is 0 Å². The van der Waals surface area contributed by atoms with Crippen LogP contribution in [0.3, 0.4) is 0 Å². The maximum atomic E-state index is 11.1. The molecule has 1 saturated heterocycles. The quantitative estimate of drug-likeness (QED) is 0.850. The van der Waals surface area contributed by atoms with E-state index in [1.54, 1.807) is 0 Å². The second-order valence-electron chi connectivity index (χ2n) is 5.65. The van der Waals surface area contributed by atoms with Crippen LogP contribution in [0.2, 0.25) is 0 Å². The van der Waals surface area contributed by atoms with Crippen molar-refractivity contribution in [3.05, 3.63) is 35.4 Å². The number of hydrogen-bond acceptors (Lipinski definition) is 2. The van der Waals surface area contributed by atoms with Crippen LogP contribution in [0.4, 0.5) is 0 Å². The first kappa shape index (κ1) is 11.7. The summed E-state index contributed by atoms with van der Waals surface area (Å²) in [4.78, 5) is 11.1. The number of amides is 1. The average Bonchev–Trinajstić information content (AvgIpc) is 2.71. The molecular formula is C15H20N2O. The van der Waals surface area contributed by atoms with Gasteiger partial charge in [0.05, 0.1) is 0 Å². The molecular weight excluding hydrogens is 224 g/mol. The van der Waals surface area contributed by atoms with Gasteiger partial charge in [0, 0.05) is 25.0 Å². The first-order valence-corrected chi connectivity index (χ1v) is 6.80. The zero-order valence-corrected chi connectivity index (χ0v) is 10.8. The third-order valence-corrected chi connectivity index (χ3v) is 4.14. The Morgan fingerprint density at radius 2 is 1.89 bits per heavy atom. The number of carbonyl (C=O) groups is 1. The summed E-state index contributed by atoms with van der Waals surface area (Å²) in [5.41, 5.74) is 2.78. The van der Waals surface area contributed by atoms with Crippen molar-refractivity contribution in [2.75, 3.05) is 6.54 Å². The van der Waals surface area contributed by atoms with Gasteiger partial charge in [0.15, 0.2) is 0 Å². The van der Waals surface area contributed by atoms with E-state index in [4.69, 9.17) is 0 Å². The molecule has 0 aromatic heterocycles. The summed E-state index contributed by atoms with van der Waals surface area (Å²) in [6.45, 7) is 2.92. The fraction of sp³-hybridized carbons (Fsp3) is 0.533. The molecule has 2 fully saturated rings. The minimum atomic E-state index is 0.182. The normalized spacial score (nSPS) is 30.9. The van der Waals surface area contributed by atoms with Crippen LogP contribution < -0.4 is 10.6 Å². The van der Waals surface area contributed by atoms with E-state index < -0.39 is 0 Å². The zero-order chi connectivity index (χ0) is 12.5. The van der Waals surface area contributed by atoms with Gasteiger partial charge in [-0.1, -0.05) is 29.8 Å². The second-order valence-corrected chi connectivity index (χ2v) is 5.65. The van der Waals surface area contributed by atoms with Crippen molar-refractivity contribution in [2.45, 2.75) is 44.2 Å². The minimum absolute atomic E-state index is 0.182. The summed E-state index contributed by atoms with van der Waals surface area (Å²) in [7, 11) is 0. The number of rotatable bonds is 3. The average molecular weight is 244 g/mol. The Balaban J connectivity index is 1.48. The van der Waals surface area contributed by atoms with Crippen LogP contribution >= 0.6 is 0 Å². The highest BCUT2D eigenvalue weighted by Gasteiger charge is 2.33. The highest BCUT2D eigenvalue weighted by molar-refractivity contribution is 5.78. The Morgan fingerprint density at radius 3 is 2.50 bits per heavy atom. The molecule has 3 nitrogen and oxygen atoms in total. The standard InChI is InChI=1S/C15H20N2O/c1-10-2-4-11(5-3-10)12-6-13(7-12)17-14-8-15(18)16-9-14/h2-5,12-14,17H,6-9H2,1H3,(H,16,18). The lowest BCUT2D eigenvalue weighted by molar-refractivity contribution is -0.119. The Kier molecular flexibility index (Phi) is 3.08. The molecule has 1 saturated carbocycles. The second kappa shape index (κ2) is 4.73. The molecule has 1 aromatic carbocycles. The van der Waals surface area contributed by atoms with Gasteiger partial charge in [-0.3, -0.25) is 4.79 Å². The van der Waals surface area contributed by atoms with Gasteiger partial charge in [-0.2, -0.15) is 0 Å². The van der Waals surface area contributed by atoms with Crippen LogP contribution in [0.1, 0.15) is 36.3 Å². The van der Waals surface area contributed by atoms with Gasteiger partial charge in [0.25, 0.3) is 0 Å². The molecule has 2 aliphatic rings. The third-order valence-electron chi connectivity index (χ3n) is 4.14.